The molecule has 1 atom stereocenters. The Morgan fingerprint density at radius 2 is 2.07 bits per heavy atom. The van der Waals surface area contributed by atoms with Crippen LogP contribution in [0.3, 0.4) is 0 Å². The molecule has 0 aliphatic carbocycles. The van der Waals surface area contributed by atoms with Gasteiger partial charge in [-0.25, -0.2) is 4.98 Å². The summed E-state index contributed by atoms with van der Waals surface area (Å²) in [5.74, 6) is 1.95. The molecule has 2 aromatic carbocycles. The fourth-order valence-electron chi connectivity index (χ4n) is 3.92. The van der Waals surface area contributed by atoms with Crippen LogP contribution in [0.1, 0.15) is 30.1 Å². The minimum absolute atomic E-state index is 0.0636. The second-order valence-corrected chi connectivity index (χ2v) is 8.23. The Bertz CT molecular complexity index is 987. The van der Waals surface area contributed by atoms with Crippen molar-refractivity contribution in [1.82, 2.24) is 9.55 Å². The lowest BCUT2D eigenvalue weighted by Crippen LogP contribution is -2.21. The molecule has 1 N–H and O–H groups in total. The Morgan fingerprint density at radius 3 is 3.00 bits per heavy atom. The number of nitrogens with one attached hydrogen (secondary N) is 1. The van der Waals surface area contributed by atoms with Crippen molar-refractivity contribution < 1.29 is 4.79 Å². The molecule has 0 bridgehead atoms. The largest absolute Gasteiger partial charge is 0.334 e. The molecule has 2 aliphatic rings. The summed E-state index contributed by atoms with van der Waals surface area (Å²) in [6.07, 6.45) is 5.63. The number of benzene rings is 2. The number of hydrogen-bond acceptors (Lipinski definition) is 3. The van der Waals surface area contributed by atoms with Crippen molar-refractivity contribution in [2.75, 3.05) is 11.1 Å². The Hall–Kier alpha value is -2.53. The van der Waals surface area contributed by atoms with Gasteiger partial charge in [-0.3, -0.25) is 4.79 Å². The number of carbonyl (C=O) groups excluding carboxylic acids is 1. The maximum atomic E-state index is 12.8. The van der Waals surface area contributed by atoms with Crippen LogP contribution in [0.4, 0.5) is 5.69 Å². The summed E-state index contributed by atoms with van der Waals surface area (Å²) in [5.41, 5.74) is 4.01. The van der Waals surface area contributed by atoms with Crippen molar-refractivity contribution in [3.05, 3.63) is 66.1 Å². The molecule has 0 spiro atoms. The number of fused-ring (bicyclic) bond motifs is 2. The first-order valence-electron chi connectivity index (χ1n) is 9.47. The van der Waals surface area contributed by atoms with E-state index in [1.807, 2.05) is 30.3 Å². The molecule has 3 heterocycles. The predicted octanol–water partition coefficient (Wildman–Crippen LogP) is 4.71. The zero-order valence-electron chi connectivity index (χ0n) is 15.0. The molecule has 5 rings (SSSR count). The number of carbonyl (C=O) groups is 1. The molecule has 0 radical (unpaired) electrons. The number of aromatic nitrogens is 2. The summed E-state index contributed by atoms with van der Waals surface area (Å²) >= 11 is 1.76. The molecule has 136 valence electrons. The van der Waals surface area contributed by atoms with Crippen LogP contribution in [-0.4, -0.2) is 21.2 Å². The smallest absolute Gasteiger partial charge is 0.232 e. The maximum absolute atomic E-state index is 12.8. The molecular formula is C22H21N3OS. The van der Waals surface area contributed by atoms with Gasteiger partial charge in [0.15, 0.2) is 0 Å². The van der Waals surface area contributed by atoms with Gasteiger partial charge in [-0.1, -0.05) is 30.3 Å². The number of nitrogens with zero attached hydrogens (tertiary/aromatic N) is 2. The second-order valence-electron chi connectivity index (χ2n) is 7.16. The van der Waals surface area contributed by atoms with E-state index in [1.165, 1.54) is 23.6 Å². The molecule has 1 amide bonds. The van der Waals surface area contributed by atoms with E-state index in [1.54, 1.807) is 11.8 Å². The maximum Gasteiger partial charge on any atom is 0.232 e. The summed E-state index contributed by atoms with van der Waals surface area (Å²) in [6, 6.07) is 16.2. The predicted molar refractivity (Wildman–Crippen MR) is 109 cm³/mol. The molecule has 5 heteroatoms. The van der Waals surface area contributed by atoms with Crippen molar-refractivity contribution in [3.8, 4) is 11.3 Å². The van der Waals surface area contributed by atoms with Crippen molar-refractivity contribution in [1.29, 1.82) is 0 Å². The van der Waals surface area contributed by atoms with Crippen molar-refractivity contribution in [3.63, 3.8) is 0 Å². The molecule has 0 saturated carbocycles. The summed E-state index contributed by atoms with van der Waals surface area (Å²) in [6.45, 7) is 1.05. The molecule has 0 saturated heterocycles. The average Bonchev–Trinajstić information content (AvgIpc) is 3.32. The standard InChI is InChI=1S/C22H21N3OS/c26-22(18-14-27-20-9-2-1-8-17(18)20)23-16-7-5-6-15(12-16)19-13-25-11-4-3-10-21(25)24-19/h1-2,5-9,12-13,18H,3-4,10-11,14H2,(H,23,26). The lowest BCUT2D eigenvalue weighted by molar-refractivity contribution is -0.117. The first kappa shape index (κ1) is 16.6. The molecule has 27 heavy (non-hydrogen) atoms. The highest BCUT2D eigenvalue weighted by Crippen LogP contribution is 2.39. The topological polar surface area (TPSA) is 46.9 Å². The van der Waals surface area contributed by atoms with Crippen LogP contribution >= 0.6 is 11.8 Å². The number of amides is 1. The zero-order chi connectivity index (χ0) is 18.2. The molecule has 1 aromatic heterocycles. The molecular weight excluding hydrogens is 354 g/mol. The van der Waals surface area contributed by atoms with E-state index in [9.17, 15) is 4.79 Å². The van der Waals surface area contributed by atoms with Crippen LogP contribution in [0.15, 0.2) is 59.6 Å². The van der Waals surface area contributed by atoms with Crippen LogP contribution in [0.2, 0.25) is 0 Å². The van der Waals surface area contributed by atoms with Gasteiger partial charge in [0.1, 0.15) is 5.82 Å². The summed E-state index contributed by atoms with van der Waals surface area (Å²) in [4.78, 5) is 18.9. The summed E-state index contributed by atoms with van der Waals surface area (Å²) in [7, 11) is 0. The van der Waals surface area contributed by atoms with Gasteiger partial charge in [-0.2, -0.15) is 0 Å². The van der Waals surface area contributed by atoms with E-state index in [4.69, 9.17) is 4.98 Å². The monoisotopic (exact) mass is 375 g/mol. The first-order chi connectivity index (χ1) is 13.3. The van der Waals surface area contributed by atoms with Gasteiger partial charge in [-0.05, 0) is 36.6 Å². The van der Waals surface area contributed by atoms with Gasteiger partial charge in [0, 0.05) is 41.1 Å². The number of rotatable bonds is 3. The minimum atomic E-state index is -0.0882. The van der Waals surface area contributed by atoms with Crippen LogP contribution in [-0.2, 0) is 17.8 Å². The number of imidazole rings is 1. The zero-order valence-corrected chi connectivity index (χ0v) is 15.8. The van der Waals surface area contributed by atoms with E-state index in [-0.39, 0.29) is 11.8 Å². The van der Waals surface area contributed by atoms with Gasteiger partial charge in [0.2, 0.25) is 5.91 Å². The van der Waals surface area contributed by atoms with Crippen LogP contribution < -0.4 is 5.32 Å². The first-order valence-corrected chi connectivity index (χ1v) is 10.5. The molecule has 3 aromatic rings. The lowest BCUT2D eigenvalue weighted by Gasteiger charge is -2.12. The van der Waals surface area contributed by atoms with Gasteiger partial charge >= 0.3 is 0 Å². The van der Waals surface area contributed by atoms with Crippen LogP contribution in [0, 0.1) is 0 Å². The minimum Gasteiger partial charge on any atom is -0.334 e. The number of aryl methyl sites for hydroxylation is 2. The number of hydrogen-bond donors (Lipinski definition) is 1. The van der Waals surface area contributed by atoms with E-state index in [0.29, 0.717) is 0 Å². The Morgan fingerprint density at radius 1 is 1.15 bits per heavy atom. The molecule has 2 aliphatic heterocycles. The van der Waals surface area contributed by atoms with E-state index >= 15 is 0 Å². The van der Waals surface area contributed by atoms with Gasteiger partial charge in [0.05, 0.1) is 11.6 Å². The Kier molecular flexibility index (Phi) is 4.24. The van der Waals surface area contributed by atoms with Gasteiger partial charge in [0.25, 0.3) is 0 Å². The lowest BCUT2D eigenvalue weighted by atomic mass is 10.0. The SMILES string of the molecule is O=C(Nc1cccc(-c2cn3c(n2)CCCC3)c1)C1CSc2ccccc21. The number of thioether (sulfide) groups is 1. The highest BCUT2D eigenvalue weighted by atomic mass is 32.2. The van der Waals surface area contributed by atoms with Gasteiger partial charge < -0.3 is 9.88 Å². The van der Waals surface area contributed by atoms with E-state index in [0.717, 1.165) is 41.2 Å². The van der Waals surface area contributed by atoms with Crippen molar-refractivity contribution in [2.45, 2.75) is 36.6 Å². The summed E-state index contributed by atoms with van der Waals surface area (Å²) < 4.78 is 2.26. The fraction of sp³-hybridized carbons (Fsp3) is 0.273. The quantitative estimate of drug-likeness (QED) is 0.721. The number of anilines is 1. The highest BCUT2D eigenvalue weighted by Gasteiger charge is 2.29. The van der Waals surface area contributed by atoms with Gasteiger partial charge in [-0.15, -0.1) is 11.8 Å². The average molecular weight is 375 g/mol. The molecule has 0 fully saturated rings. The fourth-order valence-corrected chi connectivity index (χ4v) is 5.15. The summed E-state index contributed by atoms with van der Waals surface area (Å²) in [5, 5.41) is 3.11. The molecule has 4 nitrogen and oxygen atoms in total. The highest BCUT2D eigenvalue weighted by molar-refractivity contribution is 7.99. The van der Waals surface area contributed by atoms with Crippen molar-refractivity contribution in [2.24, 2.45) is 0 Å². The second kappa shape index (κ2) is 6.89. The normalized spacial score (nSPS) is 18.0. The third kappa shape index (κ3) is 3.16. The van der Waals surface area contributed by atoms with Crippen LogP contribution in [0.5, 0.6) is 0 Å². The van der Waals surface area contributed by atoms with Crippen molar-refractivity contribution >= 4 is 23.4 Å². The third-order valence-corrected chi connectivity index (χ3v) is 6.53. The molecule has 1 unspecified atom stereocenters. The van der Waals surface area contributed by atoms with E-state index in [2.05, 4.69) is 34.3 Å². The third-order valence-electron chi connectivity index (χ3n) is 5.35. The Balaban J connectivity index is 1.37. The van der Waals surface area contributed by atoms with E-state index < -0.39 is 0 Å². The van der Waals surface area contributed by atoms with Crippen LogP contribution in [0.25, 0.3) is 11.3 Å². The Labute approximate surface area is 163 Å².